The fourth-order valence-corrected chi connectivity index (χ4v) is 2.04. The van der Waals surface area contributed by atoms with Crippen LogP contribution in [-0.4, -0.2) is 12.5 Å². The Kier molecular flexibility index (Phi) is 5.17. The molecule has 1 amide bonds. The monoisotopic (exact) mass is 307 g/mol. The van der Waals surface area contributed by atoms with Crippen LogP contribution in [-0.2, 0) is 11.2 Å². The SMILES string of the molecule is CCOc1ccccc1NC(=O)Cc1ccc(Cl)cc1F. The normalized spacial score (nSPS) is 10.2. The van der Waals surface area contributed by atoms with Gasteiger partial charge in [0.1, 0.15) is 11.6 Å². The van der Waals surface area contributed by atoms with Crippen molar-refractivity contribution in [1.29, 1.82) is 0 Å². The van der Waals surface area contributed by atoms with E-state index in [4.69, 9.17) is 16.3 Å². The van der Waals surface area contributed by atoms with E-state index in [9.17, 15) is 9.18 Å². The van der Waals surface area contributed by atoms with Crippen LogP contribution < -0.4 is 10.1 Å². The fraction of sp³-hybridized carbons (Fsp3) is 0.188. The third kappa shape index (κ3) is 4.20. The van der Waals surface area contributed by atoms with Gasteiger partial charge in [-0.1, -0.05) is 29.8 Å². The molecule has 0 bridgehead atoms. The van der Waals surface area contributed by atoms with Gasteiger partial charge in [-0.3, -0.25) is 4.79 Å². The molecule has 2 aromatic carbocycles. The molecule has 2 aromatic rings. The topological polar surface area (TPSA) is 38.3 Å². The largest absolute Gasteiger partial charge is 0.492 e. The standard InChI is InChI=1S/C16H15ClFNO2/c1-2-21-15-6-4-3-5-14(15)19-16(20)9-11-7-8-12(17)10-13(11)18/h3-8,10H,2,9H2,1H3,(H,19,20). The first-order valence-corrected chi connectivity index (χ1v) is 6.93. The van der Waals surface area contributed by atoms with E-state index in [0.717, 1.165) is 0 Å². The highest BCUT2D eigenvalue weighted by molar-refractivity contribution is 6.30. The molecule has 0 saturated carbocycles. The van der Waals surface area contributed by atoms with Gasteiger partial charge in [-0.25, -0.2) is 4.39 Å². The minimum atomic E-state index is -0.490. The molecule has 0 aromatic heterocycles. The predicted octanol–water partition coefficient (Wildman–Crippen LogP) is 4.06. The quantitative estimate of drug-likeness (QED) is 0.904. The van der Waals surface area contributed by atoms with Gasteiger partial charge in [-0.05, 0) is 36.8 Å². The molecule has 0 spiro atoms. The molecule has 5 heteroatoms. The highest BCUT2D eigenvalue weighted by atomic mass is 35.5. The maximum atomic E-state index is 13.7. The highest BCUT2D eigenvalue weighted by Crippen LogP contribution is 2.24. The molecular formula is C16H15ClFNO2. The Balaban J connectivity index is 2.08. The van der Waals surface area contributed by atoms with Crippen molar-refractivity contribution in [3.63, 3.8) is 0 Å². The molecule has 0 atom stereocenters. The summed E-state index contributed by atoms with van der Waals surface area (Å²) in [4.78, 5) is 12.0. The number of nitrogens with one attached hydrogen (secondary N) is 1. The molecule has 0 radical (unpaired) electrons. The van der Waals surface area contributed by atoms with Gasteiger partial charge in [-0.2, -0.15) is 0 Å². The molecule has 1 N–H and O–H groups in total. The van der Waals surface area contributed by atoms with Crippen molar-refractivity contribution in [2.24, 2.45) is 0 Å². The first-order valence-electron chi connectivity index (χ1n) is 6.55. The van der Waals surface area contributed by atoms with Crippen LogP contribution in [0.4, 0.5) is 10.1 Å². The second kappa shape index (κ2) is 7.09. The molecule has 0 aliphatic heterocycles. The van der Waals surface area contributed by atoms with Crippen LogP contribution >= 0.6 is 11.6 Å². The van der Waals surface area contributed by atoms with Crippen LogP contribution in [0, 0.1) is 5.82 Å². The summed E-state index contributed by atoms with van der Waals surface area (Å²) in [5.74, 6) is -0.218. The van der Waals surface area contributed by atoms with E-state index in [0.29, 0.717) is 28.6 Å². The first-order chi connectivity index (χ1) is 10.1. The van der Waals surface area contributed by atoms with E-state index in [-0.39, 0.29) is 12.3 Å². The number of carbonyl (C=O) groups excluding carboxylic acids is 1. The van der Waals surface area contributed by atoms with Gasteiger partial charge in [0.05, 0.1) is 18.7 Å². The summed E-state index contributed by atoms with van der Waals surface area (Å²) in [6.45, 7) is 2.36. The Bertz CT molecular complexity index is 646. The average molecular weight is 308 g/mol. The van der Waals surface area contributed by atoms with E-state index < -0.39 is 5.82 Å². The van der Waals surface area contributed by atoms with Gasteiger partial charge in [0.2, 0.25) is 5.91 Å². The second-order valence-electron chi connectivity index (χ2n) is 4.39. The Morgan fingerprint density at radius 2 is 2.05 bits per heavy atom. The van der Waals surface area contributed by atoms with Gasteiger partial charge in [0, 0.05) is 5.02 Å². The lowest BCUT2D eigenvalue weighted by atomic mass is 10.1. The van der Waals surface area contributed by atoms with Crippen LogP contribution in [0.1, 0.15) is 12.5 Å². The van der Waals surface area contributed by atoms with Crippen LogP contribution in [0.3, 0.4) is 0 Å². The van der Waals surface area contributed by atoms with Crippen LogP contribution in [0.25, 0.3) is 0 Å². The highest BCUT2D eigenvalue weighted by Gasteiger charge is 2.11. The lowest BCUT2D eigenvalue weighted by Crippen LogP contribution is -2.16. The molecule has 2 rings (SSSR count). The number of rotatable bonds is 5. The van der Waals surface area contributed by atoms with Crippen molar-refractivity contribution in [3.05, 3.63) is 58.9 Å². The zero-order valence-corrected chi connectivity index (χ0v) is 12.3. The molecule has 0 fully saturated rings. The number of hydrogen-bond acceptors (Lipinski definition) is 2. The Morgan fingerprint density at radius 3 is 2.76 bits per heavy atom. The van der Waals surface area contributed by atoms with Crippen LogP contribution in [0.15, 0.2) is 42.5 Å². The minimum absolute atomic E-state index is 0.0660. The van der Waals surface area contributed by atoms with Crippen LogP contribution in [0.5, 0.6) is 5.75 Å². The molecule has 0 heterocycles. The maximum Gasteiger partial charge on any atom is 0.229 e. The zero-order valence-electron chi connectivity index (χ0n) is 11.5. The number of anilines is 1. The van der Waals surface area contributed by atoms with Crippen molar-refractivity contribution < 1.29 is 13.9 Å². The van der Waals surface area contributed by atoms with Crippen molar-refractivity contribution in [2.75, 3.05) is 11.9 Å². The van der Waals surface area contributed by atoms with Crippen molar-refractivity contribution >= 4 is 23.2 Å². The Labute approximate surface area is 127 Å². The van der Waals surface area contributed by atoms with Crippen LogP contribution in [0.2, 0.25) is 5.02 Å². The van der Waals surface area contributed by atoms with Gasteiger partial charge in [0.15, 0.2) is 0 Å². The maximum absolute atomic E-state index is 13.7. The summed E-state index contributed by atoms with van der Waals surface area (Å²) < 4.78 is 19.1. The lowest BCUT2D eigenvalue weighted by Gasteiger charge is -2.11. The smallest absolute Gasteiger partial charge is 0.229 e. The van der Waals surface area contributed by atoms with Crippen molar-refractivity contribution in [1.82, 2.24) is 0 Å². The second-order valence-corrected chi connectivity index (χ2v) is 4.83. The molecule has 21 heavy (non-hydrogen) atoms. The minimum Gasteiger partial charge on any atom is -0.492 e. The third-order valence-electron chi connectivity index (χ3n) is 2.83. The Morgan fingerprint density at radius 1 is 1.29 bits per heavy atom. The Hall–Kier alpha value is -2.07. The summed E-state index contributed by atoms with van der Waals surface area (Å²) in [7, 11) is 0. The number of benzene rings is 2. The number of halogens is 2. The van der Waals surface area contributed by atoms with E-state index in [1.807, 2.05) is 13.0 Å². The van der Waals surface area contributed by atoms with Gasteiger partial charge in [0.25, 0.3) is 0 Å². The lowest BCUT2D eigenvalue weighted by molar-refractivity contribution is -0.115. The van der Waals surface area contributed by atoms with E-state index in [1.54, 1.807) is 24.3 Å². The van der Waals surface area contributed by atoms with Crippen molar-refractivity contribution in [3.8, 4) is 5.75 Å². The molecule has 0 saturated heterocycles. The summed E-state index contributed by atoms with van der Waals surface area (Å²) in [5.41, 5.74) is 0.865. The molecule has 0 unspecified atom stereocenters. The zero-order chi connectivity index (χ0) is 15.2. The van der Waals surface area contributed by atoms with Gasteiger partial charge >= 0.3 is 0 Å². The summed E-state index contributed by atoms with van der Waals surface area (Å²) in [5, 5.41) is 3.03. The molecular weight excluding hydrogens is 293 g/mol. The van der Waals surface area contributed by atoms with Gasteiger partial charge < -0.3 is 10.1 Å². The fourth-order valence-electron chi connectivity index (χ4n) is 1.88. The van der Waals surface area contributed by atoms with Crippen molar-refractivity contribution in [2.45, 2.75) is 13.3 Å². The molecule has 110 valence electrons. The predicted molar refractivity (Wildman–Crippen MR) is 81.4 cm³/mol. The van der Waals surface area contributed by atoms with E-state index in [2.05, 4.69) is 5.32 Å². The number of para-hydroxylation sites is 2. The van der Waals surface area contributed by atoms with E-state index >= 15 is 0 Å². The van der Waals surface area contributed by atoms with E-state index in [1.165, 1.54) is 12.1 Å². The number of hydrogen-bond donors (Lipinski definition) is 1. The molecule has 0 aliphatic carbocycles. The van der Waals surface area contributed by atoms with Gasteiger partial charge in [-0.15, -0.1) is 0 Å². The summed E-state index contributed by atoms with van der Waals surface area (Å²) >= 11 is 5.68. The molecule has 3 nitrogen and oxygen atoms in total. The number of carbonyl (C=O) groups is 1. The summed E-state index contributed by atoms with van der Waals surface area (Å²) in [6, 6.07) is 11.4. The first kappa shape index (κ1) is 15.3. The summed E-state index contributed by atoms with van der Waals surface area (Å²) in [6.07, 6.45) is -0.0660. The number of amides is 1. The number of ether oxygens (including phenoxy) is 1. The molecule has 0 aliphatic rings. The average Bonchev–Trinajstić information content (AvgIpc) is 2.44. The third-order valence-corrected chi connectivity index (χ3v) is 3.06.